The molecule has 1 aromatic rings. The van der Waals surface area contributed by atoms with Crippen molar-refractivity contribution in [3.63, 3.8) is 0 Å². The number of aromatic nitrogens is 2. The van der Waals surface area contributed by atoms with Gasteiger partial charge >= 0.3 is 0 Å². The van der Waals surface area contributed by atoms with Gasteiger partial charge in [-0.2, -0.15) is 0 Å². The first-order valence-electron chi connectivity index (χ1n) is 5.22. The summed E-state index contributed by atoms with van der Waals surface area (Å²) in [5, 5.41) is 2.70. The van der Waals surface area contributed by atoms with E-state index in [2.05, 4.69) is 15.3 Å². The molecule has 1 amide bonds. The second kappa shape index (κ2) is 5.88. The van der Waals surface area contributed by atoms with Crippen LogP contribution in [-0.2, 0) is 4.79 Å². The smallest absolute Gasteiger partial charge is 0.239 e. The number of anilines is 2. The van der Waals surface area contributed by atoms with Crippen LogP contribution in [0.1, 0.15) is 6.92 Å². The number of nitrogen functional groups attached to an aromatic ring is 1. The van der Waals surface area contributed by atoms with E-state index in [1.165, 1.54) is 13.4 Å². The number of amides is 1. The molecular weight excluding hydrogens is 222 g/mol. The van der Waals surface area contributed by atoms with Gasteiger partial charge in [0.2, 0.25) is 11.7 Å². The van der Waals surface area contributed by atoms with Gasteiger partial charge in [0.1, 0.15) is 6.33 Å². The Kier molecular flexibility index (Phi) is 4.50. The first-order chi connectivity index (χ1) is 8.10. The van der Waals surface area contributed by atoms with Gasteiger partial charge in [-0.25, -0.2) is 9.97 Å². The number of nitrogens with one attached hydrogen (secondary N) is 1. The zero-order valence-corrected chi connectivity index (χ0v) is 10.2. The number of hydrogen-bond donors (Lipinski definition) is 2. The van der Waals surface area contributed by atoms with Gasteiger partial charge in [0, 0.05) is 13.6 Å². The zero-order valence-electron chi connectivity index (χ0n) is 10.2. The lowest BCUT2D eigenvalue weighted by Gasteiger charge is -2.19. The van der Waals surface area contributed by atoms with E-state index in [1.807, 2.05) is 6.92 Å². The minimum Gasteiger partial charge on any atom is -0.490 e. The van der Waals surface area contributed by atoms with E-state index in [1.54, 1.807) is 11.9 Å². The Balaban J connectivity index is 2.85. The van der Waals surface area contributed by atoms with Crippen molar-refractivity contribution in [1.29, 1.82) is 0 Å². The van der Waals surface area contributed by atoms with Crippen LogP contribution in [0.15, 0.2) is 6.33 Å². The Morgan fingerprint density at radius 3 is 2.88 bits per heavy atom. The van der Waals surface area contributed by atoms with Gasteiger partial charge < -0.3 is 20.7 Å². The first kappa shape index (κ1) is 13.0. The molecular formula is C10H17N5O2. The molecule has 1 aromatic heterocycles. The van der Waals surface area contributed by atoms with Crippen molar-refractivity contribution in [2.45, 2.75) is 6.92 Å². The van der Waals surface area contributed by atoms with Crippen LogP contribution in [0.2, 0.25) is 0 Å². The molecule has 0 aliphatic carbocycles. The van der Waals surface area contributed by atoms with E-state index in [0.717, 1.165) is 0 Å². The van der Waals surface area contributed by atoms with Crippen LogP contribution in [0.5, 0.6) is 5.75 Å². The van der Waals surface area contributed by atoms with Crippen molar-refractivity contribution < 1.29 is 9.53 Å². The maximum absolute atomic E-state index is 11.4. The van der Waals surface area contributed by atoms with Gasteiger partial charge in [-0.15, -0.1) is 0 Å². The van der Waals surface area contributed by atoms with E-state index in [-0.39, 0.29) is 18.3 Å². The standard InChI is InChI=1S/C10H17N5O2/c1-4-12-7(16)5-15(2)10-8(17-3)9(11)13-6-14-10/h6H,4-5H2,1-3H3,(H,12,16)(H2,11,13,14). The van der Waals surface area contributed by atoms with Gasteiger partial charge in [-0.3, -0.25) is 4.79 Å². The lowest BCUT2D eigenvalue weighted by molar-refractivity contribution is -0.119. The van der Waals surface area contributed by atoms with Crippen molar-refractivity contribution in [3.8, 4) is 5.75 Å². The van der Waals surface area contributed by atoms with Gasteiger partial charge in [-0.05, 0) is 6.92 Å². The summed E-state index contributed by atoms with van der Waals surface area (Å²) in [6.45, 7) is 2.64. The quantitative estimate of drug-likeness (QED) is 0.729. The number of hydrogen-bond acceptors (Lipinski definition) is 6. The molecule has 0 aliphatic rings. The number of likely N-dealkylation sites (N-methyl/N-ethyl adjacent to an activating group) is 2. The molecule has 17 heavy (non-hydrogen) atoms. The number of nitrogens with two attached hydrogens (primary N) is 1. The van der Waals surface area contributed by atoms with Crippen molar-refractivity contribution in [2.24, 2.45) is 0 Å². The fourth-order valence-electron chi connectivity index (χ4n) is 1.39. The molecule has 0 saturated heterocycles. The van der Waals surface area contributed by atoms with E-state index in [4.69, 9.17) is 10.5 Å². The van der Waals surface area contributed by atoms with Crippen molar-refractivity contribution in [1.82, 2.24) is 15.3 Å². The van der Waals surface area contributed by atoms with Gasteiger partial charge in [0.15, 0.2) is 11.6 Å². The maximum atomic E-state index is 11.4. The third-order valence-electron chi connectivity index (χ3n) is 2.13. The summed E-state index contributed by atoms with van der Waals surface area (Å²) < 4.78 is 5.12. The monoisotopic (exact) mass is 239 g/mol. The molecule has 1 rings (SSSR count). The summed E-state index contributed by atoms with van der Waals surface area (Å²) in [4.78, 5) is 21.0. The number of rotatable bonds is 5. The molecule has 0 radical (unpaired) electrons. The van der Waals surface area contributed by atoms with Gasteiger partial charge in [-0.1, -0.05) is 0 Å². The number of carbonyl (C=O) groups is 1. The molecule has 94 valence electrons. The molecule has 0 bridgehead atoms. The molecule has 0 unspecified atom stereocenters. The largest absolute Gasteiger partial charge is 0.490 e. The van der Waals surface area contributed by atoms with Crippen molar-refractivity contribution in [3.05, 3.63) is 6.33 Å². The Morgan fingerprint density at radius 1 is 1.59 bits per heavy atom. The highest BCUT2D eigenvalue weighted by Gasteiger charge is 2.15. The van der Waals surface area contributed by atoms with Crippen LogP contribution >= 0.6 is 0 Å². The molecule has 0 spiro atoms. The minimum absolute atomic E-state index is 0.0887. The molecule has 0 aromatic carbocycles. The molecule has 0 aliphatic heterocycles. The van der Waals surface area contributed by atoms with E-state index >= 15 is 0 Å². The Hall–Kier alpha value is -2.05. The average Bonchev–Trinajstić information content (AvgIpc) is 2.28. The highest BCUT2D eigenvalue weighted by atomic mass is 16.5. The maximum Gasteiger partial charge on any atom is 0.239 e. The number of ether oxygens (including phenoxy) is 1. The Morgan fingerprint density at radius 2 is 2.29 bits per heavy atom. The third kappa shape index (κ3) is 3.20. The van der Waals surface area contributed by atoms with E-state index in [0.29, 0.717) is 18.1 Å². The predicted octanol–water partition coefficient (Wildman–Crippen LogP) is -0.360. The summed E-state index contributed by atoms with van der Waals surface area (Å²) in [6.07, 6.45) is 1.33. The fourth-order valence-corrected chi connectivity index (χ4v) is 1.39. The van der Waals surface area contributed by atoms with Gasteiger partial charge in [0.05, 0.1) is 13.7 Å². The number of nitrogens with zero attached hydrogens (tertiary/aromatic N) is 3. The molecule has 0 atom stereocenters. The second-order valence-corrected chi connectivity index (χ2v) is 3.43. The van der Waals surface area contributed by atoms with E-state index in [9.17, 15) is 4.79 Å². The fraction of sp³-hybridized carbons (Fsp3) is 0.500. The van der Waals surface area contributed by atoms with Crippen LogP contribution in [0.3, 0.4) is 0 Å². The lowest BCUT2D eigenvalue weighted by Crippen LogP contribution is -2.35. The van der Waals surface area contributed by atoms with Crippen LogP contribution in [-0.4, -0.2) is 43.1 Å². The van der Waals surface area contributed by atoms with E-state index < -0.39 is 0 Å². The summed E-state index contributed by atoms with van der Waals surface area (Å²) in [6, 6.07) is 0. The summed E-state index contributed by atoms with van der Waals surface area (Å²) in [5.74, 6) is 1.03. The predicted molar refractivity (Wildman–Crippen MR) is 65.0 cm³/mol. The van der Waals surface area contributed by atoms with Gasteiger partial charge in [0.25, 0.3) is 0 Å². The SMILES string of the molecule is CCNC(=O)CN(C)c1ncnc(N)c1OC. The third-order valence-corrected chi connectivity index (χ3v) is 2.13. The number of methoxy groups -OCH3 is 1. The molecule has 1 heterocycles. The second-order valence-electron chi connectivity index (χ2n) is 3.43. The summed E-state index contributed by atoms with van der Waals surface area (Å²) in [5.41, 5.74) is 5.66. The zero-order chi connectivity index (χ0) is 12.8. The molecule has 7 heteroatoms. The Labute approximate surface area is 100.0 Å². The highest BCUT2D eigenvalue weighted by Crippen LogP contribution is 2.28. The highest BCUT2D eigenvalue weighted by molar-refractivity contribution is 5.81. The average molecular weight is 239 g/mol. The van der Waals surface area contributed by atoms with Crippen molar-refractivity contribution in [2.75, 3.05) is 37.9 Å². The molecule has 0 fully saturated rings. The summed E-state index contributed by atoms with van der Waals surface area (Å²) in [7, 11) is 3.22. The van der Waals surface area contributed by atoms with Crippen LogP contribution in [0, 0.1) is 0 Å². The topological polar surface area (TPSA) is 93.4 Å². The van der Waals surface area contributed by atoms with Crippen LogP contribution < -0.4 is 20.7 Å². The molecule has 3 N–H and O–H groups in total. The van der Waals surface area contributed by atoms with Crippen molar-refractivity contribution >= 4 is 17.5 Å². The number of carbonyl (C=O) groups excluding carboxylic acids is 1. The normalized spacial score (nSPS) is 9.82. The lowest BCUT2D eigenvalue weighted by atomic mass is 10.4. The van der Waals surface area contributed by atoms with Crippen LogP contribution in [0.4, 0.5) is 11.6 Å². The first-order valence-corrected chi connectivity index (χ1v) is 5.22. The molecule has 7 nitrogen and oxygen atoms in total. The minimum atomic E-state index is -0.0887. The van der Waals surface area contributed by atoms with Crippen LogP contribution in [0.25, 0.3) is 0 Å². The molecule has 0 saturated carbocycles. The Bertz CT molecular complexity index is 396. The summed E-state index contributed by atoms with van der Waals surface area (Å²) >= 11 is 0.